The minimum Gasteiger partial charge on any atom is -0.337 e. The second kappa shape index (κ2) is 11.0. The van der Waals surface area contributed by atoms with Crippen molar-refractivity contribution in [3.05, 3.63) is 54.5 Å². The van der Waals surface area contributed by atoms with E-state index in [0.717, 1.165) is 30.8 Å². The molecule has 0 aliphatic carbocycles. The number of carbonyl (C=O) groups excluding carboxylic acids is 1. The molecule has 1 N–H and O–H groups in total. The van der Waals surface area contributed by atoms with E-state index in [2.05, 4.69) is 31.4 Å². The molecule has 12 nitrogen and oxygen atoms in total. The van der Waals surface area contributed by atoms with Gasteiger partial charge in [-0.3, -0.25) is 9.48 Å². The normalized spacial score (nSPS) is 18.9. The number of hydrogen-bond acceptors (Lipinski definition) is 9. The van der Waals surface area contributed by atoms with E-state index in [4.69, 9.17) is 0 Å². The van der Waals surface area contributed by atoms with Crippen LogP contribution in [0.5, 0.6) is 0 Å². The summed E-state index contributed by atoms with van der Waals surface area (Å²) in [6.45, 7) is 3.51. The molecule has 40 heavy (non-hydrogen) atoms. The largest absolute Gasteiger partial charge is 0.337 e. The van der Waals surface area contributed by atoms with E-state index in [9.17, 15) is 18.5 Å². The quantitative estimate of drug-likeness (QED) is 0.415. The molecule has 5 rings (SSSR count). The van der Waals surface area contributed by atoms with Crippen LogP contribution < -0.4 is 5.32 Å². The summed E-state index contributed by atoms with van der Waals surface area (Å²) >= 11 is 0. The van der Waals surface area contributed by atoms with Gasteiger partial charge in [-0.15, -0.1) is 0 Å². The van der Waals surface area contributed by atoms with Gasteiger partial charge >= 0.3 is 0 Å². The van der Waals surface area contributed by atoms with Crippen molar-refractivity contribution < 1.29 is 13.2 Å². The molecule has 1 aromatic carbocycles. The molecule has 210 valence electrons. The first-order valence-corrected chi connectivity index (χ1v) is 14.8. The number of carbonyl (C=O) groups is 1. The molecule has 1 amide bonds. The fraction of sp³-hybridized carbons (Fsp3) is 0.444. The van der Waals surface area contributed by atoms with Crippen LogP contribution in [0.1, 0.15) is 30.1 Å². The Balaban J connectivity index is 1.26. The van der Waals surface area contributed by atoms with Gasteiger partial charge < -0.3 is 15.1 Å². The number of aromatic nitrogens is 4. The maximum atomic E-state index is 12.9. The van der Waals surface area contributed by atoms with Crippen LogP contribution in [-0.4, -0.2) is 100 Å². The number of nitrogens with zero attached hydrogens (tertiary/aromatic N) is 8. The molecular formula is C27H33N9O3S. The second-order valence-corrected chi connectivity index (χ2v) is 12.8. The highest BCUT2D eigenvalue weighted by atomic mass is 32.2. The zero-order valence-corrected chi connectivity index (χ0v) is 23.7. The maximum Gasteiger partial charge on any atom is 0.253 e. The number of amides is 1. The Kier molecular flexibility index (Phi) is 7.59. The topological polar surface area (TPSA) is 140 Å². The first-order chi connectivity index (χ1) is 19.1. The number of benzene rings is 1. The van der Waals surface area contributed by atoms with Crippen LogP contribution in [-0.2, 0) is 15.6 Å². The van der Waals surface area contributed by atoms with Gasteiger partial charge in [-0.1, -0.05) is 0 Å². The van der Waals surface area contributed by atoms with Crippen LogP contribution >= 0.6 is 0 Å². The van der Waals surface area contributed by atoms with Gasteiger partial charge in [-0.2, -0.15) is 14.7 Å². The molecule has 2 saturated heterocycles. The van der Waals surface area contributed by atoms with E-state index in [1.54, 1.807) is 48.4 Å². The summed E-state index contributed by atoms with van der Waals surface area (Å²) in [4.78, 5) is 25.9. The molecule has 3 aromatic rings. The molecule has 2 aliphatic heterocycles. The van der Waals surface area contributed by atoms with Crippen molar-refractivity contribution in [1.82, 2.24) is 33.9 Å². The smallest absolute Gasteiger partial charge is 0.253 e. The fourth-order valence-electron chi connectivity index (χ4n) is 5.12. The fourth-order valence-corrected chi connectivity index (χ4v) is 6.36. The lowest BCUT2D eigenvalue weighted by molar-refractivity contribution is 0.0719. The maximum absolute atomic E-state index is 12.9. The van der Waals surface area contributed by atoms with Gasteiger partial charge in [0.05, 0.1) is 30.1 Å². The third kappa shape index (κ3) is 5.42. The standard InChI is InChI=1S/C27H33N9O3S/c1-4-40(38,39)35-18-27(19-35,11-12-28)36-16-21(15-30-36)24-9-13-29-26(32-24)31-22-7-5-20(6-8-22)25(37)34-14-10-23(17-34)33(2)3/h5-9,13,15-16,23H,4,10-11,14,17-19H2,1-3H3,(H,29,31,32). The first kappa shape index (κ1) is 27.7. The predicted octanol–water partition coefficient (Wildman–Crippen LogP) is 2.13. The van der Waals surface area contributed by atoms with Gasteiger partial charge in [0.25, 0.3) is 5.91 Å². The zero-order chi connectivity index (χ0) is 28.5. The van der Waals surface area contributed by atoms with Crippen molar-refractivity contribution >= 4 is 27.6 Å². The lowest BCUT2D eigenvalue weighted by Crippen LogP contribution is -2.64. The van der Waals surface area contributed by atoms with Gasteiger partial charge in [0.2, 0.25) is 16.0 Å². The molecule has 0 saturated carbocycles. The summed E-state index contributed by atoms with van der Waals surface area (Å²) in [5, 5.41) is 17.0. The Labute approximate surface area is 234 Å². The Bertz CT molecular complexity index is 1520. The number of likely N-dealkylation sites (tertiary alicyclic amines) is 1. The molecular weight excluding hydrogens is 530 g/mol. The van der Waals surface area contributed by atoms with Gasteiger partial charge in [0, 0.05) is 61.4 Å². The number of hydrogen-bond donors (Lipinski definition) is 1. The summed E-state index contributed by atoms with van der Waals surface area (Å²) in [6, 6.07) is 11.6. The minimum atomic E-state index is -3.33. The molecule has 2 aromatic heterocycles. The number of rotatable bonds is 9. The summed E-state index contributed by atoms with van der Waals surface area (Å²) in [5.74, 6) is 0.432. The van der Waals surface area contributed by atoms with Crippen molar-refractivity contribution in [3.8, 4) is 17.3 Å². The molecule has 0 bridgehead atoms. The summed E-state index contributed by atoms with van der Waals surface area (Å²) in [7, 11) is 0.752. The molecule has 1 unspecified atom stereocenters. The van der Waals surface area contributed by atoms with Crippen LogP contribution in [0.3, 0.4) is 0 Å². The van der Waals surface area contributed by atoms with Crippen LogP contribution in [0.4, 0.5) is 11.6 Å². The number of nitrogens with one attached hydrogen (secondary N) is 1. The monoisotopic (exact) mass is 563 g/mol. The lowest BCUT2D eigenvalue weighted by Gasteiger charge is -2.47. The summed E-state index contributed by atoms with van der Waals surface area (Å²) < 4.78 is 27.5. The number of anilines is 2. The highest BCUT2D eigenvalue weighted by Gasteiger charge is 2.49. The second-order valence-electron chi connectivity index (χ2n) is 10.5. The number of nitriles is 1. The SMILES string of the molecule is CCS(=O)(=O)N1CC(CC#N)(n2cc(-c3ccnc(Nc4ccc(C(=O)N5CCC(N(C)C)C5)cc4)n3)cn2)C1. The molecule has 1 atom stereocenters. The Morgan fingerprint density at radius 3 is 2.62 bits per heavy atom. The van der Waals surface area contributed by atoms with Crippen LogP contribution in [0.15, 0.2) is 48.9 Å². The zero-order valence-electron chi connectivity index (χ0n) is 22.9. The predicted molar refractivity (Wildman–Crippen MR) is 150 cm³/mol. The molecule has 2 aliphatic rings. The van der Waals surface area contributed by atoms with Gasteiger partial charge in [0.1, 0.15) is 5.54 Å². The van der Waals surface area contributed by atoms with Crippen LogP contribution in [0.25, 0.3) is 11.3 Å². The number of likely N-dealkylation sites (N-methyl/N-ethyl adjacent to an activating group) is 1. The van der Waals surface area contributed by atoms with E-state index in [1.165, 1.54) is 4.31 Å². The average molecular weight is 564 g/mol. The average Bonchev–Trinajstić information content (AvgIpc) is 3.62. The van der Waals surface area contributed by atoms with E-state index in [0.29, 0.717) is 23.2 Å². The summed E-state index contributed by atoms with van der Waals surface area (Å²) in [6.07, 6.45) is 6.20. The van der Waals surface area contributed by atoms with Crippen molar-refractivity contribution in [2.75, 3.05) is 51.3 Å². The van der Waals surface area contributed by atoms with E-state index < -0.39 is 15.6 Å². The summed E-state index contributed by atoms with van der Waals surface area (Å²) in [5.41, 5.74) is 2.04. The Morgan fingerprint density at radius 1 is 1.23 bits per heavy atom. The molecule has 0 radical (unpaired) electrons. The highest BCUT2D eigenvalue weighted by molar-refractivity contribution is 7.89. The highest BCUT2D eigenvalue weighted by Crippen LogP contribution is 2.35. The molecule has 13 heteroatoms. The minimum absolute atomic E-state index is 0.0192. The molecule has 0 spiro atoms. The molecule has 2 fully saturated rings. The van der Waals surface area contributed by atoms with Gasteiger partial charge in [-0.25, -0.2) is 18.4 Å². The van der Waals surface area contributed by atoms with E-state index in [-0.39, 0.29) is 31.2 Å². The van der Waals surface area contributed by atoms with Crippen LogP contribution in [0.2, 0.25) is 0 Å². The van der Waals surface area contributed by atoms with Crippen molar-refractivity contribution in [2.24, 2.45) is 0 Å². The van der Waals surface area contributed by atoms with E-state index in [1.807, 2.05) is 31.1 Å². The van der Waals surface area contributed by atoms with Crippen molar-refractivity contribution in [2.45, 2.75) is 31.3 Å². The first-order valence-electron chi connectivity index (χ1n) is 13.2. The Hall–Kier alpha value is -3.86. The number of sulfonamides is 1. The van der Waals surface area contributed by atoms with E-state index >= 15 is 0 Å². The third-order valence-electron chi connectivity index (χ3n) is 7.70. The van der Waals surface area contributed by atoms with Gasteiger partial charge in [-0.05, 0) is 57.8 Å². The third-order valence-corrected chi connectivity index (χ3v) is 9.47. The van der Waals surface area contributed by atoms with Crippen molar-refractivity contribution in [1.29, 1.82) is 5.26 Å². The van der Waals surface area contributed by atoms with Crippen molar-refractivity contribution in [3.63, 3.8) is 0 Å². The van der Waals surface area contributed by atoms with Gasteiger partial charge in [0.15, 0.2) is 0 Å². The Morgan fingerprint density at radius 2 is 1.98 bits per heavy atom. The van der Waals surface area contributed by atoms with Crippen LogP contribution in [0, 0.1) is 11.3 Å². The lowest BCUT2D eigenvalue weighted by atomic mass is 9.89. The molecule has 4 heterocycles.